The molecular weight excluding hydrogens is 141 g/mol. The Bertz CT molecular complexity index is 36.1. The summed E-state index contributed by atoms with van der Waals surface area (Å²) in [6.45, 7) is 3.13. The first-order valence-corrected chi connectivity index (χ1v) is 2.93. The number of hydrogen-bond acceptors (Lipinski definition) is 4. The molecule has 0 aromatic heterocycles. The Morgan fingerprint density at radius 3 is 1.60 bits per heavy atom. The van der Waals surface area contributed by atoms with E-state index in [9.17, 15) is 0 Å². The predicted molar refractivity (Wildman–Crippen MR) is 36.9 cm³/mol. The minimum absolute atomic E-state index is 0. The van der Waals surface area contributed by atoms with Crippen molar-refractivity contribution in [1.29, 1.82) is 0 Å². The molecule has 10 heavy (non-hydrogen) atoms. The molecule has 0 heterocycles. The molecule has 0 unspecified atom stereocenters. The molecule has 0 radical (unpaired) electrons. The second-order valence-corrected chi connectivity index (χ2v) is 1.33. The van der Waals surface area contributed by atoms with Gasteiger partial charge in [-0.25, -0.2) is 0 Å². The van der Waals surface area contributed by atoms with E-state index in [-0.39, 0.29) is 29.6 Å². The maximum Gasteiger partial charge on any atom is 1.00 e. The average Bonchev–Trinajstić information content (AvgIpc) is 1.94. The fraction of sp³-hybridized carbons (Fsp3) is 1.00. The van der Waals surface area contributed by atoms with Crippen LogP contribution in [0.4, 0.5) is 0 Å². The van der Waals surface area contributed by atoms with E-state index in [2.05, 4.69) is 5.32 Å². The molecule has 5 heteroatoms. The molecule has 0 saturated carbocycles. The van der Waals surface area contributed by atoms with Crippen LogP contribution in [0.1, 0.15) is 0 Å². The van der Waals surface area contributed by atoms with Gasteiger partial charge in [-0.15, -0.1) is 0 Å². The zero-order valence-electron chi connectivity index (χ0n) is 6.89. The summed E-state index contributed by atoms with van der Waals surface area (Å²) in [5.74, 6) is 0. The van der Waals surface area contributed by atoms with Crippen LogP contribution in [0.3, 0.4) is 0 Å². The quantitative estimate of drug-likeness (QED) is 0.280. The van der Waals surface area contributed by atoms with Crippen LogP contribution in [0.25, 0.3) is 0 Å². The Hall–Kier alpha value is 0.840. The van der Waals surface area contributed by atoms with Crippen LogP contribution in [0.5, 0.6) is 0 Å². The van der Waals surface area contributed by atoms with Crippen molar-refractivity contribution in [3.8, 4) is 0 Å². The molecule has 0 amide bonds. The minimum atomic E-state index is 0. The van der Waals surface area contributed by atoms with Crippen molar-refractivity contribution in [3.63, 3.8) is 0 Å². The van der Waals surface area contributed by atoms with E-state index in [1.807, 2.05) is 0 Å². The molecule has 4 nitrogen and oxygen atoms in total. The summed E-state index contributed by atoms with van der Waals surface area (Å²) < 4.78 is 0. The summed E-state index contributed by atoms with van der Waals surface area (Å²) in [7, 11) is 0.750. The summed E-state index contributed by atoms with van der Waals surface area (Å²) >= 11 is 0. The van der Waals surface area contributed by atoms with E-state index in [4.69, 9.17) is 16.6 Å². The maximum atomic E-state index is 8.25. The van der Waals surface area contributed by atoms with Gasteiger partial charge in [0, 0.05) is 26.2 Å². The molecule has 0 saturated heterocycles. The van der Waals surface area contributed by atoms with Crippen LogP contribution < -0.4 is 51.4 Å². The van der Waals surface area contributed by atoms with Crippen molar-refractivity contribution in [2.75, 3.05) is 33.3 Å². The Labute approximate surface area is 84.6 Å². The van der Waals surface area contributed by atoms with Gasteiger partial charge >= 0.3 is 29.6 Å². The van der Waals surface area contributed by atoms with Crippen LogP contribution >= 0.6 is 0 Å². The summed E-state index contributed by atoms with van der Waals surface area (Å²) in [5, 5.41) is 11.3. The molecule has 0 aliphatic rings. The minimum Gasteiger partial charge on any atom is -0.857 e. The molecule has 0 fully saturated rings. The molecular formula is C5H16N3NaO. The maximum absolute atomic E-state index is 8.25. The molecule has 0 aliphatic heterocycles. The fourth-order valence-corrected chi connectivity index (χ4v) is 0.329. The Morgan fingerprint density at radius 1 is 1.10 bits per heavy atom. The van der Waals surface area contributed by atoms with Crippen LogP contribution in [0, 0.1) is 0 Å². The standard InChI is InChI=1S/C4H13N3.CH3O.Na/c5-1-3-7-4-2-6;1-2;/h7H,1-6H2;1H3;/q;-1;+1. The summed E-state index contributed by atoms with van der Waals surface area (Å²) in [6, 6.07) is 0. The van der Waals surface area contributed by atoms with Crippen molar-refractivity contribution in [3.05, 3.63) is 0 Å². The van der Waals surface area contributed by atoms with Crippen molar-refractivity contribution in [2.24, 2.45) is 11.5 Å². The Kier molecular flexibility index (Phi) is 38.5. The molecule has 0 bridgehead atoms. The van der Waals surface area contributed by atoms with Gasteiger partial charge in [-0.05, 0) is 0 Å². The predicted octanol–water partition coefficient (Wildman–Crippen LogP) is -5.53. The number of nitrogens with one attached hydrogen (secondary N) is 1. The third-order valence-electron chi connectivity index (χ3n) is 0.642. The summed E-state index contributed by atoms with van der Waals surface area (Å²) in [6.07, 6.45) is 0. The average molecular weight is 157 g/mol. The normalized spacial score (nSPS) is 7.20. The molecule has 5 N–H and O–H groups in total. The molecule has 0 aromatic rings. The van der Waals surface area contributed by atoms with E-state index in [0.29, 0.717) is 13.1 Å². The molecule has 0 atom stereocenters. The zero-order chi connectivity index (χ0) is 7.54. The summed E-state index contributed by atoms with van der Waals surface area (Å²) in [4.78, 5) is 0. The van der Waals surface area contributed by atoms with E-state index >= 15 is 0 Å². The number of rotatable bonds is 4. The van der Waals surface area contributed by atoms with Crippen LogP contribution in [-0.4, -0.2) is 33.3 Å². The largest absolute Gasteiger partial charge is 1.00 e. The third-order valence-corrected chi connectivity index (χ3v) is 0.642. The van der Waals surface area contributed by atoms with Crippen molar-refractivity contribution in [1.82, 2.24) is 5.32 Å². The molecule has 0 aromatic carbocycles. The van der Waals surface area contributed by atoms with Gasteiger partial charge in [0.05, 0.1) is 0 Å². The van der Waals surface area contributed by atoms with Gasteiger partial charge in [-0.1, -0.05) is 0 Å². The van der Waals surface area contributed by atoms with Crippen molar-refractivity contribution in [2.45, 2.75) is 0 Å². The van der Waals surface area contributed by atoms with Crippen molar-refractivity contribution >= 4 is 0 Å². The van der Waals surface area contributed by atoms with Crippen molar-refractivity contribution < 1.29 is 34.7 Å². The first-order chi connectivity index (χ1) is 4.41. The first kappa shape index (κ1) is 17.1. The van der Waals surface area contributed by atoms with Gasteiger partial charge < -0.3 is 21.9 Å². The fourth-order valence-electron chi connectivity index (χ4n) is 0.329. The molecule has 58 valence electrons. The van der Waals surface area contributed by atoms with E-state index in [1.54, 1.807) is 0 Å². The van der Waals surface area contributed by atoms with Gasteiger partial charge in [0.1, 0.15) is 0 Å². The molecule has 0 rings (SSSR count). The molecule has 0 spiro atoms. The summed E-state index contributed by atoms with van der Waals surface area (Å²) in [5.41, 5.74) is 10.3. The monoisotopic (exact) mass is 157 g/mol. The number of nitrogens with two attached hydrogens (primary N) is 2. The van der Waals surface area contributed by atoms with E-state index in [1.165, 1.54) is 0 Å². The second-order valence-electron chi connectivity index (χ2n) is 1.33. The van der Waals surface area contributed by atoms with Gasteiger partial charge in [0.15, 0.2) is 0 Å². The topological polar surface area (TPSA) is 87.1 Å². The Morgan fingerprint density at radius 2 is 1.40 bits per heavy atom. The first-order valence-electron chi connectivity index (χ1n) is 2.93. The third kappa shape index (κ3) is 23.2. The smallest absolute Gasteiger partial charge is 0.857 e. The van der Waals surface area contributed by atoms with Crippen LogP contribution in [0.2, 0.25) is 0 Å². The Balaban J connectivity index is -0.000000149. The molecule has 0 aliphatic carbocycles. The van der Waals surface area contributed by atoms with E-state index in [0.717, 1.165) is 20.2 Å². The second kappa shape index (κ2) is 22.5. The van der Waals surface area contributed by atoms with Gasteiger partial charge in [-0.3, -0.25) is 0 Å². The zero-order valence-corrected chi connectivity index (χ0v) is 8.89. The SMILES string of the molecule is C[O-].NCCNCCN.[Na+]. The van der Waals surface area contributed by atoms with Crippen LogP contribution in [-0.2, 0) is 0 Å². The van der Waals surface area contributed by atoms with Gasteiger partial charge in [0.2, 0.25) is 0 Å². The van der Waals surface area contributed by atoms with Gasteiger partial charge in [-0.2, -0.15) is 7.11 Å². The van der Waals surface area contributed by atoms with E-state index < -0.39 is 0 Å². The van der Waals surface area contributed by atoms with Gasteiger partial charge in [0.25, 0.3) is 0 Å². The number of hydrogen-bond donors (Lipinski definition) is 3. The van der Waals surface area contributed by atoms with Crippen LogP contribution in [0.15, 0.2) is 0 Å².